The number of ketones is 1. The Kier molecular flexibility index (Phi) is 4.18. The van der Waals surface area contributed by atoms with Gasteiger partial charge in [0.15, 0.2) is 5.78 Å². The molecule has 0 fully saturated rings. The number of hydrogen-bond acceptors (Lipinski definition) is 2. The SMILES string of the molecule is O=C1CC(c2cccc(Cl)c2)C2=C(CC(c3ccccc3)CC2=O)N1. The van der Waals surface area contributed by atoms with E-state index in [-0.39, 0.29) is 23.5 Å². The van der Waals surface area contributed by atoms with E-state index in [2.05, 4.69) is 5.32 Å². The van der Waals surface area contributed by atoms with Crippen molar-refractivity contribution in [3.8, 4) is 0 Å². The number of benzene rings is 2. The number of carbonyl (C=O) groups excluding carboxylic acids is 2. The first-order valence-electron chi connectivity index (χ1n) is 8.48. The summed E-state index contributed by atoms with van der Waals surface area (Å²) in [5.41, 5.74) is 3.61. The Balaban J connectivity index is 1.73. The van der Waals surface area contributed by atoms with Crippen molar-refractivity contribution in [1.82, 2.24) is 5.32 Å². The summed E-state index contributed by atoms with van der Waals surface area (Å²) in [7, 11) is 0. The number of hydrogen-bond donors (Lipinski definition) is 1. The van der Waals surface area contributed by atoms with Gasteiger partial charge in [-0.2, -0.15) is 0 Å². The lowest BCUT2D eigenvalue weighted by Gasteiger charge is -2.34. The molecule has 4 heteroatoms. The van der Waals surface area contributed by atoms with E-state index < -0.39 is 0 Å². The first-order valence-corrected chi connectivity index (χ1v) is 8.86. The maximum Gasteiger partial charge on any atom is 0.225 e. The van der Waals surface area contributed by atoms with Crippen molar-refractivity contribution in [3.05, 3.63) is 82.0 Å². The first kappa shape index (κ1) is 16.1. The van der Waals surface area contributed by atoms with Gasteiger partial charge >= 0.3 is 0 Å². The second kappa shape index (κ2) is 6.49. The lowest BCUT2D eigenvalue weighted by Crippen LogP contribution is -2.38. The van der Waals surface area contributed by atoms with Crippen LogP contribution in [0.5, 0.6) is 0 Å². The number of carbonyl (C=O) groups is 2. The van der Waals surface area contributed by atoms with Crippen molar-refractivity contribution in [2.45, 2.75) is 31.1 Å². The monoisotopic (exact) mass is 351 g/mol. The molecule has 1 amide bonds. The van der Waals surface area contributed by atoms with Crippen LogP contribution in [0.3, 0.4) is 0 Å². The third-order valence-electron chi connectivity index (χ3n) is 5.06. The summed E-state index contributed by atoms with van der Waals surface area (Å²) in [5.74, 6) is 0.00264. The number of amides is 1. The maximum absolute atomic E-state index is 12.9. The molecule has 0 radical (unpaired) electrons. The highest BCUT2D eigenvalue weighted by molar-refractivity contribution is 6.30. The summed E-state index contributed by atoms with van der Waals surface area (Å²) < 4.78 is 0. The largest absolute Gasteiger partial charge is 0.329 e. The highest BCUT2D eigenvalue weighted by Gasteiger charge is 2.38. The molecule has 4 rings (SSSR count). The number of Topliss-reactive ketones (excluding diaryl/α,β-unsaturated/α-hetero) is 1. The van der Waals surface area contributed by atoms with E-state index in [9.17, 15) is 9.59 Å². The third-order valence-corrected chi connectivity index (χ3v) is 5.29. The molecule has 2 atom stereocenters. The van der Waals surface area contributed by atoms with E-state index >= 15 is 0 Å². The summed E-state index contributed by atoms with van der Waals surface area (Å²) in [6, 6.07) is 17.5. The molecule has 2 aromatic carbocycles. The second-order valence-electron chi connectivity index (χ2n) is 6.69. The van der Waals surface area contributed by atoms with Crippen LogP contribution in [-0.4, -0.2) is 11.7 Å². The maximum atomic E-state index is 12.9. The van der Waals surface area contributed by atoms with Gasteiger partial charge in [-0.25, -0.2) is 0 Å². The van der Waals surface area contributed by atoms with E-state index in [1.807, 2.05) is 48.5 Å². The zero-order valence-corrected chi connectivity index (χ0v) is 14.4. The summed E-state index contributed by atoms with van der Waals surface area (Å²) in [6.45, 7) is 0. The minimum absolute atomic E-state index is 0.0368. The lowest BCUT2D eigenvalue weighted by atomic mass is 9.73. The smallest absolute Gasteiger partial charge is 0.225 e. The molecule has 126 valence electrons. The fraction of sp³-hybridized carbons (Fsp3) is 0.238. The molecule has 3 nitrogen and oxygen atoms in total. The fourth-order valence-corrected chi connectivity index (χ4v) is 4.13. The van der Waals surface area contributed by atoms with Crippen LogP contribution in [0.2, 0.25) is 5.02 Å². The average Bonchev–Trinajstić information content (AvgIpc) is 2.61. The minimum Gasteiger partial charge on any atom is -0.329 e. The molecule has 0 spiro atoms. The van der Waals surface area contributed by atoms with Gasteiger partial charge in [0.1, 0.15) is 0 Å². The standard InChI is InChI=1S/C21H18ClNO2/c22-16-8-4-7-14(9-16)17-12-20(25)23-18-10-15(11-19(24)21(17)18)13-5-2-1-3-6-13/h1-9,15,17H,10-12H2,(H,23,25). The fourth-order valence-electron chi connectivity index (χ4n) is 3.93. The molecule has 1 N–H and O–H groups in total. The van der Waals surface area contributed by atoms with Crippen LogP contribution in [-0.2, 0) is 9.59 Å². The van der Waals surface area contributed by atoms with Crippen molar-refractivity contribution in [1.29, 1.82) is 0 Å². The molecular formula is C21H18ClNO2. The summed E-state index contributed by atoms with van der Waals surface area (Å²) in [6.07, 6.45) is 1.46. The minimum atomic E-state index is -0.202. The van der Waals surface area contributed by atoms with Gasteiger partial charge in [0.05, 0.1) is 0 Å². The summed E-state index contributed by atoms with van der Waals surface area (Å²) in [4.78, 5) is 25.2. The molecule has 0 saturated carbocycles. The molecule has 2 aromatic rings. The van der Waals surface area contributed by atoms with Crippen molar-refractivity contribution in [2.75, 3.05) is 0 Å². The van der Waals surface area contributed by atoms with Crippen LogP contribution in [0.15, 0.2) is 65.9 Å². The molecule has 1 aliphatic carbocycles. The normalized spacial score (nSPS) is 23.2. The highest BCUT2D eigenvalue weighted by Crippen LogP contribution is 2.42. The van der Waals surface area contributed by atoms with Crippen LogP contribution >= 0.6 is 11.6 Å². The number of rotatable bonds is 2. The molecule has 1 heterocycles. The first-order chi connectivity index (χ1) is 12.1. The van der Waals surface area contributed by atoms with Crippen molar-refractivity contribution < 1.29 is 9.59 Å². The Labute approximate surface area is 151 Å². The van der Waals surface area contributed by atoms with Gasteiger partial charge in [0.2, 0.25) is 5.91 Å². The topological polar surface area (TPSA) is 46.2 Å². The third kappa shape index (κ3) is 3.12. The number of halogens is 1. The average molecular weight is 352 g/mol. The van der Waals surface area contributed by atoms with Gasteiger partial charge in [-0.15, -0.1) is 0 Å². The van der Waals surface area contributed by atoms with Crippen LogP contribution < -0.4 is 5.32 Å². The van der Waals surface area contributed by atoms with Gasteiger partial charge < -0.3 is 5.32 Å². The lowest BCUT2D eigenvalue weighted by molar-refractivity contribution is -0.122. The van der Waals surface area contributed by atoms with Crippen LogP contribution in [0.1, 0.15) is 42.2 Å². The zero-order valence-electron chi connectivity index (χ0n) is 13.7. The Morgan fingerprint density at radius 1 is 0.880 bits per heavy atom. The number of nitrogens with one attached hydrogen (secondary N) is 1. The highest BCUT2D eigenvalue weighted by atomic mass is 35.5. The predicted octanol–water partition coefficient (Wildman–Crippen LogP) is 4.34. The zero-order chi connectivity index (χ0) is 17.4. The summed E-state index contributed by atoms with van der Waals surface area (Å²) in [5, 5.41) is 3.57. The molecule has 0 saturated heterocycles. The Morgan fingerprint density at radius 3 is 2.40 bits per heavy atom. The van der Waals surface area contributed by atoms with E-state index in [1.54, 1.807) is 6.07 Å². The van der Waals surface area contributed by atoms with Crippen LogP contribution in [0.4, 0.5) is 0 Å². The Bertz CT molecular complexity index is 872. The van der Waals surface area contributed by atoms with Crippen molar-refractivity contribution >= 4 is 23.3 Å². The van der Waals surface area contributed by atoms with Crippen molar-refractivity contribution in [3.63, 3.8) is 0 Å². The Morgan fingerprint density at radius 2 is 1.64 bits per heavy atom. The van der Waals surface area contributed by atoms with E-state index in [1.165, 1.54) is 0 Å². The van der Waals surface area contributed by atoms with Gasteiger partial charge in [0.25, 0.3) is 0 Å². The van der Waals surface area contributed by atoms with E-state index in [0.717, 1.165) is 22.4 Å². The molecule has 1 aliphatic heterocycles. The quantitative estimate of drug-likeness (QED) is 0.874. The van der Waals surface area contributed by atoms with E-state index in [4.69, 9.17) is 11.6 Å². The predicted molar refractivity (Wildman–Crippen MR) is 97.4 cm³/mol. The Hall–Kier alpha value is -2.39. The molecule has 0 aromatic heterocycles. The molecular weight excluding hydrogens is 334 g/mol. The van der Waals surface area contributed by atoms with Gasteiger partial charge in [-0.05, 0) is 35.6 Å². The molecule has 2 aliphatic rings. The summed E-state index contributed by atoms with van der Waals surface area (Å²) >= 11 is 6.11. The van der Waals surface area contributed by atoms with Gasteiger partial charge in [-0.1, -0.05) is 54.1 Å². The molecule has 25 heavy (non-hydrogen) atoms. The van der Waals surface area contributed by atoms with Crippen LogP contribution in [0, 0.1) is 0 Å². The van der Waals surface area contributed by atoms with Gasteiger partial charge in [0, 0.05) is 35.1 Å². The van der Waals surface area contributed by atoms with E-state index in [0.29, 0.717) is 24.3 Å². The second-order valence-corrected chi connectivity index (χ2v) is 7.13. The van der Waals surface area contributed by atoms with Crippen LogP contribution in [0.25, 0.3) is 0 Å². The molecule has 2 unspecified atom stereocenters. The van der Waals surface area contributed by atoms with Gasteiger partial charge in [-0.3, -0.25) is 9.59 Å². The molecule has 0 bridgehead atoms. The van der Waals surface area contributed by atoms with Crippen molar-refractivity contribution in [2.24, 2.45) is 0 Å². The number of allylic oxidation sites excluding steroid dienone is 2.